The minimum Gasteiger partial charge on any atom is -0.378 e. The zero-order chi connectivity index (χ0) is 25.8. The first kappa shape index (κ1) is 29.0. The molecule has 0 spiro atoms. The summed E-state index contributed by atoms with van der Waals surface area (Å²) in [5, 5.41) is 2.65. The first-order valence-corrected chi connectivity index (χ1v) is 12.2. The van der Waals surface area contributed by atoms with Crippen molar-refractivity contribution in [1.82, 2.24) is 5.32 Å². The van der Waals surface area contributed by atoms with E-state index < -0.39 is 0 Å². The number of anilines is 1. The Bertz CT molecular complexity index is 986. The van der Waals surface area contributed by atoms with Crippen LogP contribution in [-0.2, 0) is 30.3 Å². The number of amides is 1. The van der Waals surface area contributed by atoms with Crippen LogP contribution in [0.1, 0.15) is 29.5 Å². The van der Waals surface area contributed by atoms with Crippen molar-refractivity contribution in [3.63, 3.8) is 0 Å². The van der Waals surface area contributed by atoms with Crippen molar-refractivity contribution in [1.29, 1.82) is 0 Å². The number of aldehydes is 1. The highest BCUT2D eigenvalue weighted by atomic mass is 16.5. The largest absolute Gasteiger partial charge is 0.378 e. The van der Waals surface area contributed by atoms with Crippen molar-refractivity contribution in [3.8, 4) is 11.8 Å². The van der Waals surface area contributed by atoms with Gasteiger partial charge in [-0.05, 0) is 23.8 Å². The van der Waals surface area contributed by atoms with Gasteiger partial charge in [-0.25, -0.2) is 0 Å². The van der Waals surface area contributed by atoms with Crippen molar-refractivity contribution in [3.05, 3.63) is 65.2 Å². The smallest absolute Gasteiger partial charge is 0.220 e. The van der Waals surface area contributed by atoms with E-state index in [0.29, 0.717) is 52.7 Å². The molecule has 0 saturated heterocycles. The molecule has 3 N–H and O–H groups in total. The lowest BCUT2D eigenvalue weighted by molar-refractivity contribution is -0.122. The van der Waals surface area contributed by atoms with Crippen LogP contribution in [0.4, 0.5) is 5.69 Å². The van der Waals surface area contributed by atoms with E-state index in [1.165, 1.54) is 11.3 Å². The molecule has 0 aliphatic carbocycles. The number of ether oxygens (including phenoxy) is 3. The van der Waals surface area contributed by atoms with Gasteiger partial charge in [0.15, 0.2) is 0 Å². The van der Waals surface area contributed by atoms with Crippen LogP contribution in [0.2, 0.25) is 0 Å². The fraction of sp³-hybridized carbons (Fsp3) is 0.429. The zero-order valence-corrected chi connectivity index (χ0v) is 21.0. The molecule has 0 aromatic heterocycles. The lowest BCUT2D eigenvalue weighted by Crippen LogP contribution is -2.27. The molecular formula is C28H37N3O5. The first-order chi connectivity index (χ1) is 17.7. The Morgan fingerprint density at radius 3 is 2.28 bits per heavy atom. The molecule has 1 aliphatic rings. The maximum absolute atomic E-state index is 11.1. The van der Waals surface area contributed by atoms with Crippen LogP contribution in [0.5, 0.6) is 0 Å². The van der Waals surface area contributed by atoms with E-state index in [2.05, 4.69) is 65.5 Å². The van der Waals surface area contributed by atoms with Crippen molar-refractivity contribution in [2.24, 2.45) is 5.73 Å². The van der Waals surface area contributed by atoms with E-state index >= 15 is 0 Å². The van der Waals surface area contributed by atoms with Crippen LogP contribution in [-0.4, -0.2) is 72.0 Å². The molecule has 0 fully saturated rings. The van der Waals surface area contributed by atoms with E-state index in [-0.39, 0.29) is 18.7 Å². The van der Waals surface area contributed by atoms with Crippen LogP contribution in [0.3, 0.4) is 0 Å². The van der Waals surface area contributed by atoms with Crippen molar-refractivity contribution < 1.29 is 23.8 Å². The Morgan fingerprint density at radius 2 is 1.56 bits per heavy atom. The Kier molecular flexibility index (Phi) is 14.6. The molecule has 0 bridgehead atoms. The normalized spacial score (nSPS) is 11.4. The Morgan fingerprint density at radius 1 is 0.944 bits per heavy atom. The van der Waals surface area contributed by atoms with E-state index in [4.69, 9.17) is 19.9 Å². The highest BCUT2D eigenvalue weighted by molar-refractivity contribution is 5.78. The molecule has 0 unspecified atom stereocenters. The van der Waals surface area contributed by atoms with Gasteiger partial charge in [0.1, 0.15) is 6.29 Å². The summed E-state index contributed by atoms with van der Waals surface area (Å²) in [6.07, 6.45) is 1.22. The Hall–Kier alpha value is -3.22. The molecule has 3 rings (SSSR count). The molecule has 1 aliphatic heterocycles. The molecule has 8 nitrogen and oxygen atoms in total. The number of hydrogen-bond acceptors (Lipinski definition) is 7. The van der Waals surface area contributed by atoms with Gasteiger partial charge in [-0.2, -0.15) is 0 Å². The third-order valence-corrected chi connectivity index (χ3v) is 5.14. The van der Waals surface area contributed by atoms with Crippen LogP contribution in [0.15, 0.2) is 48.5 Å². The van der Waals surface area contributed by atoms with Gasteiger partial charge in [-0.3, -0.25) is 4.79 Å². The van der Waals surface area contributed by atoms with Crippen LogP contribution < -0.4 is 16.0 Å². The van der Waals surface area contributed by atoms with Gasteiger partial charge in [0.05, 0.1) is 45.3 Å². The third-order valence-electron chi connectivity index (χ3n) is 5.14. The summed E-state index contributed by atoms with van der Waals surface area (Å²) in [5.74, 6) is 6.39. The van der Waals surface area contributed by atoms with Crippen LogP contribution >= 0.6 is 0 Å². The Balaban J connectivity index is 0.000000254. The second-order valence-corrected chi connectivity index (χ2v) is 7.96. The van der Waals surface area contributed by atoms with Crippen molar-refractivity contribution in [2.75, 3.05) is 64.7 Å². The molecule has 36 heavy (non-hydrogen) atoms. The van der Waals surface area contributed by atoms with Gasteiger partial charge >= 0.3 is 0 Å². The number of nitrogens with one attached hydrogen (secondary N) is 1. The highest BCUT2D eigenvalue weighted by Gasteiger charge is 2.10. The molecule has 0 saturated carbocycles. The SMILES string of the molecule is CN1Cc2ccccc2C#Cc2ccccc21.NCCOCCOCCOCCNC(=O)CCC=O. The standard InChI is InChI=1S/C16H13N.C12H24N2O5/c1-17-12-15-8-3-2-6-13(15)10-11-14-7-4-5-9-16(14)17;13-3-6-17-8-10-19-11-9-18-7-4-14-12(16)2-1-5-15/h2-9H,12H2,1H3;5H,1-4,6-11,13H2,(H,14,16). The fourth-order valence-corrected chi connectivity index (χ4v) is 3.33. The van der Waals surface area contributed by atoms with Crippen LogP contribution in [0, 0.1) is 11.8 Å². The number of rotatable bonds is 14. The van der Waals surface area contributed by atoms with Gasteiger partial charge in [-0.15, -0.1) is 0 Å². The number of nitrogens with zero attached hydrogens (tertiary/aromatic N) is 1. The number of carbonyl (C=O) groups excluding carboxylic acids is 2. The van der Waals surface area contributed by atoms with E-state index in [1.807, 2.05) is 12.1 Å². The molecule has 194 valence electrons. The van der Waals surface area contributed by atoms with Gasteiger partial charge in [0, 0.05) is 50.7 Å². The minimum absolute atomic E-state index is 0.135. The zero-order valence-electron chi connectivity index (χ0n) is 21.0. The average Bonchev–Trinajstić information content (AvgIpc) is 2.89. The van der Waals surface area contributed by atoms with Crippen molar-refractivity contribution >= 4 is 17.9 Å². The molecule has 8 heteroatoms. The number of hydrogen-bond donors (Lipinski definition) is 2. The van der Waals surface area contributed by atoms with Gasteiger partial charge in [0.25, 0.3) is 0 Å². The van der Waals surface area contributed by atoms with E-state index in [9.17, 15) is 9.59 Å². The lowest BCUT2D eigenvalue weighted by Gasteiger charge is -2.22. The maximum Gasteiger partial charge on any atom is 0.220 e. The van der Waals surface area contributed by atoms with Crippen molar-refractivity contribution in [2.45, 2.75) is 19.4 Å². The summed E-state index contributed by atoms with van der Waals surface area (Å²) in [7, 11) is 2.11. The summed E-state index contributed by atoms with van der Waals surface area (Å²) in [6, 6.07) is 16.6. The number of carbonyl (C=O) groups is 2. The predicted octanol–water partition coefficient (Wildman–Crippen LogP) is 2.13. The second kappa shape index (κ2) is 18.1. The maximum atomic E-state index is 11.1. The molecule has 2 aromatic rings. The number of benzene rings is 2. The second-order valence-electron chi connectivity index (χ2n) is 7.96. The van der Waals surface area contributed by atoms with Gasteiger partial charge in [-0.1, -0.05) is 42.2 Å². The summed E-state index contributed by atoms with van der Waals surface area (Å²) < 4.78 is 15.6. The molecule has 2 aromatic carbocycles. The van der Waals surface area contributed by atoms with Crippen LogP contribution in [0.25, 0.3) is 0 Å². The molecular weight excluding hydrogens is 458 g/mol. The number of para-hydroxylation sites is 1. The monoisotopic (exact) mass is 495 g/mol. The first-order valence-electron chi connectivity index (χ1n) is 12.2. The van der Waals surface area contributed by atoms with E-state index in [1.54, 1.807) is 0 Å². The lowest BCUT2D eigenvalue weighted by atomic mass is 10.0. The Labute approximate surface area is 214 Å². The number of fused-ring (bicyclic) bond motifs is 2. The van der Waals surface area contributed by atoms with E-state index in [0.717, 1.165) is 24.0 Å². The molecule has 1 heterocycles. The van der Waals surface area contributed by atoms with Gasteiger partial charge in [0.2, 0.25) is 5.91 Å². The summed E-state index contributed by atoms with van der Waals surface area (Å²) in [4.78, 5) is 23.4. The molecule has 0 atom stereocenters. The topological polar surface area (TPSA) is 103 Å². The van der Waals surface area contributed by atoms with Gasteiger partial charge < -0.3 is 35.0 Å². The third kappa shape index (κ3) is 11.5. The predicted molar refractivity (Wildman–Crippen MR) is 141 cm³/mol. The summed E-state index contributed by atoms with van der Waals surface area (Å²) >= 11 is 0. The molecule has 0 radical (unpaired) electrons. The fourth-order valence-electron chi connectivity index (χ4n) is 3.33. The number of nitrogens with two attached hydrogens (primary N) is 1. The summed E-state index contributed by atoms with van der Waals surface area (Å²) in [6.45, 7) is 4.85. The molecule has 1 amide bonds. The quantitative estimate of drug-likeness (QED) is 0.235. The minimum atomic E-state index is -0.135. The average molecular weight is 496 g/mol. The highest BCUT2D eigenvalue weighted by Crippen LogP contribution is 2.23. The summed E-state index contributed by atoms with van der Waals surface area (Å²) in [5.41, 5.74) is 9.98.